The molecule has 1 aromatic heterocycles. The van der Waals surface area contributed by atoms with Crippen LogP contribution in [0.1, 0.15) is 24.2 Å². The van der Waals surface area contributed by atoms with Crippen molar-refractivity contribution in [2.45, 2.75) is 19.4 Å². The summed E-state index contributed by atoms with van der Waals surface area (Å²) in [5.41, 5.74) is 1.95. The van der Waals surface area contributed by atoms with Gasteiger partial charge in [0, 0.05) is 18.8 Å². The lowest BCUT2D eigenvalue weighted by Crippen LogP contribution is -2.10. The molecule has 0 saturated heterocycles. The molecule has 1 heterocycles. The Labute approximate surface area is 111 Å². The Morgan fingerprint density at radius 2 is 2.21 bits per heavy atom. The van der Waals surface area contributed by atoms with Gasteiger partial charge in [0.25, 0.3) is 0 Å². The zero-order valence-electron chi connectivity index (χ0n) is 10.9. The number of nitrogens with zero attached hydrogens (tertiary/aromatic N) is 3. The lowest BCUT2D eigenvalue weighted by Gasteiger charge is -2.13. The molecule has 5 heteroatoms. The first-order chi connectivity index (χ1) is 9.15. The first-order valence-electron chi connectivity index (χ1n) is 6.08. The summed E-state index contributed by atoms with van der Waals surface area (Å²) < 4.78 is 15.3. The Morgan fingerprint density at radius 3 is 2.84 bits per heavy atom. The fraction of sp³-hybridized carbons (Fsp3) is 0.286. The van der Waals surface area contributed by atoms with Crippen LogP contribution in [-0.4, -0.2) is 9.78 Å². The molecule has 19 heavy (non-hydrogen) atoms. The van der Waals surface area contributed by atoms with Crippen LogP contribution in [0.15, 0.2) is 30.5 Å². The minimum atomic E-state index is -0.611. The molecule has 1 unspecified atom stereocenters. The van der Waals surface area contributed by atoms with E-state index in [0.29, 0.717) is 5.69 Å². The van der Waals surface area contributed by atoms with Gasteiger partial charge in [-0.25, -0.2) is 4.39 Å². The van der Waals surface area contributed by atoms with Crippen LogP contribution < -0.4 is 5.32 Å². The summed E-state index contributed by atoms with van der Waals surface area (Å²) in [4.78, 5) is 0. The van der Waals surface area contributed by atoms with E-state index in [1.54, 1.807) is 36.1 Å². The number of halogens is 1. The molecule has 0 fully saturated rings. The average Bonchev–Trinajstić information content (AvgIpc) is 2.79. The maximum Gasteiger partial charge on any atom is 0.146 e. The maximum absolute atomic E-state index is 13.6. The van der Waals surface area contributed by atoms with Gasteiger partial charge in [-0.1, -0.05) is 19.1 Å². The number of hydrogen-bond donors (Lipinski definition) is 1. The van der Waals surface area contributed by atoms with Gasteiger partial charge >= 0.3 is 0 Å². The van der Waals surface area contributed by atoms with Crippen LogP contribution in [-0.2, 0) is 13.5 Å². The average molecular weight is 258 g/mol. The van der Waals surface area contributed by atoms with Gasteiger partial charge in [-0.3, -0.25) is 4.68 Å². The van der Waals surface area contributed by atoms with E-state index >= 15 is 0 Å². The zero-order valence-corrected chi connectivity index (χ0v) is 10.9. The summed E-state index contributed by atoms with van der Waals surface area (Å²) in [6.07, 6.45) is 2.52. The SMILES string of the molecule is CCc1nn(C)cc1C(C#N)Nc1ccccc1F. The van der Waals surface area contributed by atoms with Crippen LogP contribution in [0.2, 0.25) is 0 Å². The van der Waals surface area contributed by atoms with E-state index in [1.165, 1.54) is 6.07 Å². The van der Waals surface area contributed by atoms with Crippen molar-refractivity contribution < 1.29 is 4.39 Å². The van der Waals surface area contributed by atoms with E-state index in [0.717, 1.165) is 17.7 Å². The first kappa shape index (κ1) is 13.1. The molecule has 0 spiro atoms. The van der Waals surface area contributed by atoms with E-state index in [1.807, 2.05) is 6.92 Å². The number of rotatable bonds is 4. The zero-order chi connectivity index (χ0) is 13.8. The molecule has 1 N–H and O–H groups in total. The van der Waals surface area contributed by atoms with Gasteiger partial charge in [0.15, 0.2) is 0 Å². The number of hydrogen-bond acceptors (Lipinski definition) is 3. The first-order valence-corrected chi connectivity index (χ1v) is 6.08. The van der Waals surface area contributed by atoms with Crippen LogP contribution >= 0.6 is 0 Å². The minimum absolute atomic E-state index is 0.319. The van der Waals surface area contributed by atoms with Crippen molar-refractivity contribution in [1.82, 2.24) is 9.78 Å². The molecule has 2 aromatic rings. The predicted octanol–water partition coefficient (Wildman–Crippen LogP) is 2.80. The highest BCUT2D eigenvalue weighted by molar-refractivity contribution is 5.48. The third-order valence-electron chi connectivity index (χ3n) is 2.89. The van der Waals surface area contributed by atoms with Crippen molar-refractivity contribution in [2.75, 3.05) is 5.32 Å². The van der Waals surface area contributed by atoms with Gasteiger partial charge in [-0.2, -0.15) is 10.4 Å². The Bertz CT molecular complexity index is 612. The molecule has 4 nitrogen and oxygen atoms in total. The second-order valence-corrected chi connectivity index (χ2v) is 4.24. The number of para-hydroxylation sites is 1. The largest absolute Gasteiger partial charge is 0.364 e. The predicted molar refractivity (Wildman–Crippen MR) is 71.0 cm³/mol. The Morgan fingerprint density at radius 1 is 1.47 bits per heavy atom. The number of anilines is 1. The van der Waals surface area contributed by atoms with E-state index in [9.17, 15) is 9.65 Å². The molecular weight excluding hydrogens is 243 g/mol. The van der Waals surface area contributed by atoms with Gasteiger partial charge in [-0.15, -0.1) is 0 Å². The molecular formula is C14H15FN4. The highest BCUT2D eigenvalue weighted by Gasteiger charge is 2.18. The topological polar surface area (TPSA) is 53.6 Å². The van der Waals surface area contributed by atoms with Crippen molar-refractivity contribution in [2.24, 2.45) is 7.05 Å². The summed E-state index contributed by atoms with van der Waals surface area (Å²) in [7, 11) is 1.81. The summed E-state index contributed by atoms with van der Waals surface area (Å²) in [5.74, 6) is -0.371. The third kappa shape index (κ3) is 2.74. The third-order valence-corrected chi connectivity index (χ3v) is 2.89. The molecule has 98 valence electrons. The van der Waals surface area contributed by atoms with Crippen molar-refractivity contribution >= 4 is 5.69 Å². The molecule has 0 saturated carbocycles. The van der Waals surface area contributed by atoms with Crippen molar-refractivity contribution in [3.63, 3.8) is 0 Å². The van der Waals surface area contributed by atoms with Crippen molar-refractivity contribution in [3.8, 4) is 6.07 Å². The van der Waals surface area contributed by atoms with E-state index in [4.69, 9.17) is 0 Å². The summed E-state index contributed by atoms with van der Waals surface area (Å²) in [6.45, 7) is 1.98. The van der Waals surface area contributed by atoms with Crippen LogP contribution in [0.25, 0.3) is 0 Å². The van der Waals surface area contributed by atoms with Gasteiger partial charge in [0.1, 0.15) is 11.9 Å². The van der Waals surface area contributed by atoms with E-state index in [-0.39, 0.29) is 5.82 Å². The maximum atomic E-state index is 13.6. The molecule has 1 atom stereocenters. The van der Waals surface area contributed by atoms with Crippen molar-refractivity contribution in [3.05, 3.63) is 47.5 Å². The molecule has 1 aromatic carbocycles. The van der Waals surface area contributed by atoms with Crippen LogP contribution in [0.3, 0.4) is 0 Å². The molecule has 0 radical (unpaired) electrons. The smallest absolute Gasteiger partial charge is 0.146 e. The second kappa shape index (κ2) is 5.53. The number of aromatic nitrogens is 2. The number of aryl methyl sites for hydroxylation is 2. The molecule has 2 rings (SSSR count). The van der Waals surface area contributed by atoms with Crippen molar-refractivity contribution in [1.29, 1.82) is 5.26 Å². The Balaban J connectivity index is 2.31. The molecule has 0 aliphatic carbocycles. The van der Waals surface area contributed by atoms with E-state index < -0.39 is 6.04 Å². The summed E-state index contributed by atoms with van der Waals surface area (Å²) in [6, 6.07) is 7.86. The van der Waals surface area contributed by atoms with Crippen LogP contribution in [0, 0.1) is 17.1 Å². The standard InChI is InChI=1S/C14H15FN4/c1-3-12-10(9-19(2)18-12)14(8-16)17-13-7-5-4-6-11(13)15/h4-7,9,14,17H,3H2,1-2H3. The molecule has 0 aliphatic heterocycles. The minimum Gasteiger partial charge on any atom is -0.364 e. The molecule has 0 aliphatic rings. The fourth-order valence-electron chi connectivity index (χ4n) is 1.98. The van der Waals surface area contributed by atoms with Crippen LogP contribution in [0.4, 0.5) is 10.1 Å². The number of nitrogens with one attached hydrogen (secondary N) is 1. The highest BCUT2D eigenvalue weighted by Crippen LogP contribution is 2.23. The Hall–Kier alpha value is -2.35. The second-order valence-electron chi connectivity index (χ2n) is 4.24. The number of benzene rings is 1. The molecule has 0 amide bonds. The molecule has 0 bridgehead atoms. The van der Waals surface area contributed by atoms with Gasteiger partial charge in [0.2, 0.25) is 0 Å². The monoisotopic (exact) mass is 258 g/mol. The number of nitriles is 1. The lowest BCUT2D eigenvalue weighted by atomic mass is 10.1. The fourth-order valence-corrected chi connectivity index (χ4v) is 1.98. The van der Waals surface area contributed by atoms with Gasteiger partial charge in [-0.05, 0) is 18.6 Å². The van der Waals surface area contributed by atoms with Gasteiger partial charge in [0.05, 0.1) is 17.5 Å². The summed E-state index contributed by atoms with van der Waals surface area (Å²) >= 11 is 0. The summed E-state index contributed by atoms with van der Waals surface area (Å²) in [5, 5.41) is 16.5. The van der Waals surface area contributed by atoms with Crippen LogP contribution in [0.5, 0.6) is 0 Å². The lowest BCUT2D eigenvalue weighted by molar-refractivity contribution is 0.629. The highest BCUT2D eigenvalue weighted by atomic mass is 19.1. The normalized spacial score (nSPS) is 11.9. The quantitative estimate of drug-likeness (QED) is 0.917. The Kier molecular flexibility index (Phi) is 3.81. The van der Waals surface area contributed by atoms with Gasteiger partial charge < -0.3 is 5.32 Å². The van der Waals surface area contributed by atoms with E-state index in [2.05, 4.69) is 16.5 Å².